The predicted octanol–water partition coefficient (Wildman–Crippen LogP) is 1.79. The molecule has 0 bridgehead atoms. The average molecular weight is 386 g/mol. The highest BCUT2D eigenvalue weighted by molar-refractivity contribution is 7.97. The van der Waals surface area contributed by atoms with Crippen LogP contribution >= 0.6 is 11.3 Å². The lowest BCUT2D eigenvalue weighted by atomic mass is 10.1. The summed E-state index contributed by atoms with van der Waals surface area (Å²) in [4.78, 5) is 0. The first-order valence-electron chi connectivity index (χ1n) is 7.55. The largest absolute Gasteiger partial charge is 0.308 e. The Kier molecular flexibility index (Phi) is 4.83. The third-order valence-electron chi connectivity index (χ3n) is 4.13. The van der Waals surface area contributed by atoms with Crippen LogP contribution in [0.1, 0.15) is 11.1 Å². The van der Waals surface area contributed by atoms with Gasteiger partial charge in [-0.05, 0) is 23.9 Å². The number of nitrogens with one attached hydrogen (secondary N) is 1. The van der Waals surface area contributed by atoms with Crippen LogP contribution in [0.2, 0.25) is 0 Å². The Bertz CT molecular complexity index is 918. The van der Waals surface area contributed by atoms with E-state index in [2.05, 4.69) is 5.32 Å². The standard InChI is InChI=1S/C16H19NO4S3/c1-12-4-2-5-13(8-12)9-17-14-10-23(18,19)11-15(14)24(20,21)16-6-3-7-22-16/h2-8,14-15,17H,9-11H2,1H3. The SMILES string of the molecule is Cc1cccc(CNC2CS(=O)(=O)CC2S(=O)(=O)c2cccs2)c1. The van der Waals surface area contributed by atoms with E-state index >= 15 is 0 Å². The van der Waals surface area contributed by atoms with Gasteiger partial charge < -0.3 is 5.32 Å². The molecule has 1 N–H and O–H groups in total. The van der Waals surface area contributed by atoms with Crippen LogP contribution in [0, 0.1) is 6.92 Å². The second kappa shape index (κ2) is 6.59. The first-order valence-corrected chi connectivity index (χ1v) is 11.8. The van der Waals surface area contributed by atoms with E-state index in [1.165, 1.54) is 6.07 Å². The van der Waals surface area contributed by atoms with E-state index in [-0.39, 0.29) is 15.7 Å². The minimum Gasteiger partial charge on any atom is -0.308 e. The Labute approximate surface area is 146 Å². The molecule has 1 aromatic heterocycles. The van der Waals surface area contributed by atoms with E-state index in [0.717, 1.165) is 22.5 Å². The molecule has 1 aliphatic heterocycles. The molecule has 24 heavy (non-hydrogen) atoms. The van der Waals surface area contributed by atoms with Crippen molar-refractivity contribution < 1.29 is 16.8 Å². The van der Waals surface area contributed by atoms with E-state index in [9.17, 15) is 16.8 Å². The highest BCUT2D eigenvalue weighted by atomic mass is 32.2. The Morgan fingerprint density at radius 1 is 1.21 bits per heavy atom. The molecule has 0 aliphatic carbocycles. The molecule has 2 unspecified atom stereocenters. The summed E-state index contributed by atoms with van der Waals surface area (Å²) in [6.07, 6.45) is 0. The fourth-order valence-electron chi connectivity index (χ4n) is 2.96. The normalized spacial score (nSPS) is 23.4. The van der Waals surface area contributed by atoms with Crippen molar-refractivity contribution in [3.63, 3.8) is 0 Å². The van der Waals surface area contributed by atoms with Gasteiger partial charge in [0.15, 0.2) is 19.7 Å². The average Bonchev–Trinajstić information content (AvgIpc) is 3.13. The first-order chi connectivity index (χ1) is 11.3. The van der Waals surface area contributed by atoms with Gasteiger partial charge in [-0.2, -0.15) is 0 Å². The summed E-state index contributed by atoms with van der Waals surface area (Å²) >= 11 is 1.12. The van der Waals surface area contributed by atoms with Gasteiger partial charge in [0.2, 0.25) is 0 Å². The minimum atomic E-state index is -3.65. The zero-order chi connectivity index (χ0) is 17.4. The predicted molar refractivity (Wildman–Crippen MR) is 95.8 cm³/mol. The van der Waals surface area contributed by atoms with Crippen LogP contribution in [-0.2, 0) is 26.2 Å². The highest BCUT2D eigenvalue weighted by Gasteiger charge is 2.45. The summed E-state index contributed by atoms with van der Waals surface area (Å²) in [6, 6.07) is 10.4. The number of sulfone groups is 2. The summed E-state index contributed by atoms with van der Waals surface area (Å²) in [5.74, 6) is -0.465. The van der Waals surface area contributed by atoms with Crippen LogP contribution in [-0.4, -0.2) is 39.6 Å². The Morgan fingerprint density at radius 3 is 2.67 bits per heavy atom. The third kappa shape index (κ3) is 3.72. The van der Waals surface area contributed by atoms with E-state index in [1.807, 2.05) is 31.2 Å². The molecule has 0 amide bonds. The second-order valence-electron chi connectivity index (χ2n) is 6.07. The summed E-state index contributed by atoms with van der Waals surface area (Å²) < 4.78 is 49.8. The van der Waals surface area contributed by atoms with E-state index in [4.69, 9.17) is 0 Å². The van der Waals surface area contributed by atoms with E-state index in [0.29, 0.717) is 6.54 Å². The summed E-state index contributed by atoms with van der Waals surface area (Å²) in [5.41, 5.74) is 2.11. The lowest BCUT2D eigenvalue weighted by Crippen LogP contribution is -2.42. The number of hydrogen-bond donors (Lipinski definition) is 1. The molecule has 2 heterocycles. The molecular formula is C16H19NO4S3. The molecule has 8 heteroatoms. The maximum absolute atomic E-state index is 12.8. The monoisotopic (exact) mass is 385 g/mol. The fraction of sp³-hybridized carbons (Fsp3) is 0.375. The summed E-state index contributed by atoms with van der Waals surface area (Å²) in [6.45, 7) is 2.42. The smallest absolute Gasteiger partial charge is 0.193 e. The van der Waals surface area contributed by atoms with Crippen molar-refractivity contribution in [1.29, 1.82) is 0 Å². The van der Waals surface area contributed by atoms with E-state index in [1.54, 1.807) is 11.4 Å². The maximum atomic E-state index is 12.8. The molecule has 5 nitrogen and oxygen atoms in total. The fourth-order valence-corrected chi connectivity index (χ4v) is 8.90. The molecule has 1 fully saturated rings. The molecule has 130 valence electrons. The molecule has 1 saturated heterocycles. The Morgan fingerprint density at radius 2 is 2.00 bits per heavy atom. The topological polar surface area (TPSA) is 80.3 Å². The summed E-state index contributed by atoms with van der Waals surface area (Å²) in [7, 11) is -7.02. The third-order valence-corrected chi connectivity index (χ3v) is 9.71. The van der Waals surface area contributed by atoms with Crippen molar-refractivity contribution in [2.75, 3.05) is 11.5 Å². The number of rotatable bonds is 5. The van der Waals surface area contributed by atoms with E-state index < -0.39 is 31.0 Å². The molecule has 1 aromatic carbocycles. The van der Waals surface area contributed by atoms with Gasteiger partial charge in [-0.1, -0.05) is 35.9 Å². The lowest BCUT2D eigenvalue weighted by Gasteiger charge is -2.19. The molecular weight excluding hydrogens is 366 g/mol. The van der Waals surface area contributed by atoms with Crippen molar-refractivity contribution in [1.82, 2.24) is 5.32 Å². The molecule has 0 saturated carbocycles. The van der Waals surface area contributed by atoms with Crippen LogP contribution in [0.4, 0.5) is 0 Å². The van der Waals surface area contributed by atoms with Gasteiger partial charge in [0.25, 0.3) is 0 Å². The van der Waals surface area contributed by atoms with Crippen LogP contribution in [0.5, 0.6) is 0 Å². The molecule has 0 radical (unpaired) electrons. The summed E-state index contributed by atoms with van der Waals surface area (Å²) in [5, 5.41) is 3.89. The lowest BCUT2D eigenvalue weighted by molar-refractivity contribution is 0.527. The van der Waals surface area contributed by atoms with Crippen molar-refractivity contribution in [3.8, 4) is 0 Å². The van der Waals surface area contributed by atoms with Crippen LogP contribution in [0.25, 0.3) is 0 Å². The van der Waals surface area contributed by atoms with Gasteiger partial charge in [0, 0.05) is 12.6 Å². The number of hydrogen-bond acceptors (Lipinski definition) is 6. The second-order valence-corrected chi connectivity index (χ2v) is 11.6. The number of thiophene rings is 1. The number of aryl methyl sites for hydroxylation is 1. The van der Waals surface area contributed by atoms with Gasteiger partial charge in [0.05, 0.1) is 16.8 Å². The van der Waals surface area contributed by atoms with Gasteiger partial charge in [-0.15, -0.1) is 11.3 Å². The van der Waals surface area contributed by atoms with Crippen molar-refractivity contribution in [2.45, 2.75) is 29.0 Å². The quantitative estimate of drug-likeness (QED) is 0.849. The highest BCUT2D eigenvalue weighted by Crippen LogP contribution is 2.28. The van der Waals surface area contributed by atoms with Crippen molar-refractivity contribution >= 4 is 31.0 Å². The maximum Gasteiger partial charge on any atom is 0.193 e. The van der Waals surface area contributed by atoms with Gasteiger partial charge >= 0.3 is 0 Å². The van der Waals surface area contributed by atoms with Crippen LogP contribution in [0.15, 0.2) is 46.0 Å². The zero-order valence-corrected chi connectivity index (χ0v) is 15.6. The van der Waals surface area contributed by atoms with Gasteiger partial charge in [0.1, 0.15) is 4.21 Å². The zero-order valence-electron chi connectivity index (χ0n) is 13.2. The molecule has 1 aliphatic rings. The Hall–Kier alpha value is -1.22. The van der Waals surface area contributed by atoms with Crippen molar-refractivity contribution in [2.24, 2.45) is 0 Å². The molecule has 2 atom stereocenters. The van der Waals surface area contributed by atoms with Crippen LogP contribution in [0.3, 0.4) is 0 Å². The van der Waals surface area contributed by atoms with Crippen molar-refractivity contribution in [3.05, 3.63) is 52.9 Å². The molecule has 3 rings (SSSR count). The van der Waals surface area contributed by atoms with Crippen LogP contribution < -0.4 is 5.32 Å². The minimum absolute atomic E-state index is 0.145. The first kappa shape index (κ1) is 17.6. The van der Waals surface area contributed by atoms with Gasteiger partial charge in [-0.25, -0.2) is 16.8 Å². The molecule has 2 aromatic rings. The van der Waals surface area contributed by atoms with Gasteiger partial charge in [-0.3, -0.25) is 0 Å². The molecule has 0 spiro atoms. The Balaban J connectivity index is 1.82. The number of benzene rings is 1.